The standard InChI is InChI=1S/C13H19N3O2S/c1-9(2)16(6-3-7-17)13(18)11-5-4-10(8-15-11)12(14)19/h4-5,8-9,17H,3,6-7H2,1-2H3,(H2,14,19). The molecule has 0 aliphatic carbocycles. The Bertz CT molecular complexity index is 446. The molecule has 0 atom stereocenters. The molecule has 19 heavy (non-hydrogen) atoms. The zero-order valence-corrected chi connectivity index (χ0v) is 12.0. The summed E-state index contributed by atoms with van der Waals surface area (Å²) in [6, 6.07) is 3.36. The van der Waals surface area contributed by atoms with Gasteiger partial charge in [-0.3, -0.25) is 9.78 Å². The van der Waals surface area contributed by atoms with E-state index in [1.807, 2.05) is 13.8 Å². The normalized spacial score (nSPS) is 10.5. The van der Waals surface area contributed by atoms with Gasteiger partial charge in [0, 0.05) is 31.0 Å². The second-order valence-electron chi connectivity index (χ2n) is 4.47. The summed E-state index contributed by atoms with van der Waals surface area (Å²) in [7, 11) is 0. The zero-order valence-electron chi connectivity index (χ0n) is 11.2. The lowest BCUT2D eigenvalue weighted by Gasteiger charge is -2.26. The Labute approximate surface area is 118 Å². The summed E-state index contributed by atoms with van der Waals surface area (Å²) in [4.78, 5) is 18.3. The van der Waals surface area contributed by atoms with Gasteiger partial charge >= 0.3 is 0 Å². The Hall–Kier alpha value is -1.53. The Morgan fingerprint density at radius 1 is 1.53 bits per heavy atom. The van der Waals surface area contributed by atoms with Crippen LogP contribution in [0.1, 0.15) is 36.3 Å². The quantitative estimate of drug-likeness (QED) is 0.759. The fraction of sp³-hybridized carbons (Fsp3) is 0.462. The van der Waals surface area contributed by atoms with E-state index in [4.69, 9.17) is 23.1 Å². The number of hydrogen-bond acceptors (Lipinski definition) is 4. The predicted octanol–water partition coefficient (Wildman–Crippen LogP) is 0.949. The third-order valence-electron chi connectivity index (χ3n) is 2.71. The van der Waals surface area contributed by atoms with Crippen LogP contribution in [-0.4, -0.2) is 45.1 Å². The highest BCUT2D eigenvalue weighted by atomic mass is 32.1. The van der Waals surface area contributed by atoms with Gasteiger partial charge in [-0.1, -0.05) is 12.2 Å². The fourth-order valence-corrected chi connectivity index (χ4v) is 1.77. The number of amides is 1. The van der Waals surface area contributed by atoms with Gasteiger partial charge in [-0.15, -0.1) is 0 Å². The Morgan fingerprint density at radius 3 is 2.63 bits per heavy atom. The van der Waals surface area contributed by atoms with E-state index in [0.29, 0.717) is 24.2 Å². The second-order valence-corrected chi connectivity index (χ2v) is 4.91. The number of nitrogens with two attached hydrogens (primary N) is 1. The highest BCUT2D eigenvalue weighted by Gasteiger charge is 2.19. The zero-order chi connectivity index (χ0) is 14.4. The van der Waals surface area contributed by atoms with E-state index in [0.717, 1.165) is 0 Å². The largest absolute Gasteiger partial charge is 0.396 e. The number of thiocarbonyl (C=S) groups is 1. The topological polar surface area (TPSA) is 79.5 Å². The molecule has 1 heterocycles. The molecule has 0 spiro atoms. The van der Waals surface area contributed by atoms with Crippen molar-refractivity contribution in [1.82, 2.24) is 9.88 Å². The third kappa shape index (κ3) is 4.25. The maximum Gasteiger partial charge on any atom is 0.272 e. The van der Waals surface area contributed by atoms with Gasteiger partial charge in [0.25, 0.3) is 5.91 Å². The molecular formula is C13H19N3O2S. The minimum absolute atomic E-state index is 0.0520. The Morgan fingerprint density at radius 2 is 2.21 bits per heavy atom. The fourth-order valence-electron chi connectivity index (χ4n) is 1.65. The molecule has 3 N–H and O–H groups in total. The van der Waals surface area contributed by atoms with Crippen molar-refractivity contribution in [2.75, 3.05) is 13.2 Å². The minimum Gasteiger partial charge on any atom is -0.396 e. The van der Waals surface area contributed by atoms with Gasteiger partial charge in [0.15, 0.2) is 0 Å². The van der Waals surface area contributed by atoms with Crippen LogP contribution in [0, 0.1) is 0 Å². The first-order chi connectivity index (χ1) is 8.97. The number of pyridine rings is 1. The monoisotopic (exact) mass is 281 g/mol. The maximum atomic E-state index is 12.3. The molecule has 5 nitrogen and oxygen atoms in total. The molecular weight excluding hydrogens is 262 g/mol. The first-order valence-corrected chi connectivity index (χ1v) is 6.56. The van der Waals surface area contributed by atoms with Gasteiger partial charge in [0.1, 0.15) is 10.7 Å². The molecule has 0 aliphatic rings. The van der Waals surface area contributed by atoms with Gasteiger partial charge < -0.3 is 15.7 Å². The average Bonchev–Trinajstić information content (AvgIpc) is 2.38. The number of carbonyl (C=O) groups excluding carboxylic acids is 1. The van der Waals surface area contributed by atoms with Crippen LogP contribution in [0.25, 0.3) is 0 Å². The van der Waals surface area contributed by atoms with Crippen LogP contribution in [0.15, 0.2) is 18.3 Å². The molecule has 0 aromatic carbocycles. The molecule has 0 saturated heterocycles. The number of nitrogens with zero attached hydrogens (tertiary/aromatic N) is 2. The lowest BCUT2D eigenvalue weighted by molar-refractivity contribution is 0.0687. The molecule has 0 radical (unpaired) electrons. The van der Waals surface area contributed by atoms with Crippen molar-refractivity contribution in [1.29, 1.82) is 0 Å². The van der Waals surface area contributed by atoms with Crippen molar-refractivity contribution < 1.29 is 9.90 Å². The van der Waals surface area contributed by atoms with E-state index < -0.39 is 0 Å². The van der Waals surface area contributed by atoms with Crippen LogP contribution in [0.2, 0.25) is 0 Å². The van der Waals surface area contributed by atoms with E-state index in [1.54, 1.807) is 17.0 Å². The molecule has 0 aliphatic heterocycles. The predicted molar refractivity (Wildman–Crippen MR) is 78.0 cm³/mol. The molecule has 1 rings (SSSR count). The lowest BCUT2D eigenvalue weighted by atomic mass is 10.2. The van der Waals surface area contributed by atoms with Crippen LogP contribution < -0.4 is 5.73 Å². The van der Waals surface area contributed by atoms with E-state index in [-0.39, 0.29) is 23.5 Å². The van der Waals surface area contributed by atoms with Crippen molar-refractivity contribution in [2.24, 2.45) is 5.73 Å². The van der Waals surface area contributed by atoms with Crippen LogP contribution in [0.5, 0.6) is 0 Å². The molecule has 6 heteroatoms. The van der Waals surface area contributed by atoms with Gasteiger partial charge in [-0.2, -0.15) is 0 Å². The van der Waals surface area contributed by atoms with E-state index in [2.05, 4.69) is 4.98 Å². The summed E-state index contributed by atoms with van der Waals surface area (Å²) in [5.74, 6) is -0.155. The number of hydrogen-bond donors (Lipinski definition) is 2. The second kappa shape index (κ2) is 7.16. The van der Waals surface area contributed by atoms with Crippen molar-refractivity contribution in [3.05, 3.63) is 29.6 Å². The molecule has 1 aromatic heterocycles. The summed E-state index contributed by atoms with van der Waals surface area (Å²) in [6.45, 7) is 4.42. The molecule has 0 fully saturated rings. The van der Waals surface area contributed by atoms with Gasteiger partial charge in [0.2, 0.25) is 0 Å². The van der Waals surface area contributed by atoms with Crippen LogP contribution in [0.3, 0.4) is 0 Å². The molecule has 0 unspecified atom stereocenters. The van der Waals surface area contributed by atoms with Gasteiger partial charge in [0.05, 0.1) is 0 Å². The van der Waals surface area contributed by atoms with E-state index >= 15 is 0 Å². The Kier molecular flexibility index (Phi) is 5.85. The molecule has 1 amide bonds. The minimum atomic E-state index is -0.155. The number of aliphatic hydroxyl groups excluding tert-OH is 1. The van der Waals surface area contributed by atoms with Crippen molar-refractivity contribution >= 4 is 23.1 Å². The summed E-state index contributed by atoms with van der Waals surface area (Å²) >= 11 is 4.84. The smallest absolute Gasteiger partial charge is 0.272 e. The van der Waals surface area contributed by atoms with Crippen molar-refractivity contribution in [3.8, 4) is 0 Å². The summed E-state index contributed by atoms with van der Waals surface area (Å²) in [5.41, 5.74) is 6.47. The Balaban J connectivity index is 2.87. The molecule has 0 saturated carbocycles. The average molecular weight is 281 g/mol. The summed E-state index contributed by atoms with van der Waals surface area (Å²) in [6.07, 6.45) is 2.05. The van der Waals surface area contributed by atoms with Crippen LogP contribution in [-0.2, 0) is 0 Å². The number of rotatable bonds is 6. The van der Waals surface area contributed by atoms with Crippen molar-refractivity contribution in [2.45, 2.75) is 26.3 Å². The number of carbonyl (C=O) groups is 1. The number of aliphatic hydroxyl groups is 1. The highest BCUT2D eigenvalue weighted by Crippen LogP contribution is 2.08. The van der Waals surface area contributed by atoms with Gasteiger partial charge in [-0.05, 0) is 32.4 Å². The van der Waals surface area contributed by atoms with Crippen molar-refractivity contribution in [3.63, 3.8) is 0 Å². The first-order valence-electron chi connectivity index (χ1n) is 6.15. The molecule has 1 aromatic rings. The molecule has 0 bridgehead atoms. The third-order valence-corrected chi connectivity index (χ3v) is 2.94. The van der Waals surface area contributed by atoms with Crippen LogP contribution in [0.4, 0.5) is 0 Å². The SMILES string of the molecule is CC(C)N(CCCO)C(=O)c1ccc(C(N)=S)cn1. The lowest BCUT2D eigenvalue weighted by Crippen LogP contribution is -2.38. The highest BCUT2D eigenvalue weighted by molar-refractivity contribution is 7.80. The molecule has 104 valence electrons. The van der Waals surface area contributed by atoms with Crippen LogP contribution >= 0.6 is 12.2 Å². The van der Waals surface area contributed by atoms with E-state index in [9.17, 15) is 4.79 Å². The summed E-state index contributed by atoms with van der Waals surface area (Å²) in [5, 5.41) is 8.86. The first kappa shape index (κ1) is 15.5. The van der Waals surface area contributed by atoms with Gasteiger partial charge in [-0.25, -0.2) is 0 Å². The maximum absolute atomic E-state index is 12.3. The summed E-state index contributed by atoms with van der Waals surface area (Å²) < 4.78 is 0. The van der Waals surface area contributed by atoms with E-state index in [1.165, 1.54) is 6.20 Å². The number of aromatic nitrogens is 1.